The Morgan fingerprint density at radius 2 is 1.73 bits per heavy atom. The molecule has 0 aliphatic rings. The lowest BCUT2D eigenvalue weighted by Gasteiger charge is -2.22. The summed E-state index contributed by atoms with van der Waals surface area (Å²) in [6, 6.07) is 10.6. The summed E-state index contributed by atoms with van der Waals surface area (Å²) in [7, 11) is -2.62. The molecule has 2 rings (SSSR count). The molecule has 0 amide bonds. The van der Waals surface area contributed by atoms with E-state index in [1.165, 1.54) is 6.07 Å². The zero-order valence-corrected chi connectivity index (χ0v) is 8.52. The van der Waals surface area contributed by atoms with Gasteiger partial charge < -0.3 is 19.7 Å². The van der Waals surface area contributed by atoms with E-state index in [1.54, 1.807) is 12.1 Å². The summed E-state index contributed by atoms with van der Waals surface area (Å²) >= 11 is 0. The highest BCUT2D eigenvalue weighted by atomic mass is 31.2. The molecule has 0 unspecified atom stereocenters. The Kier molecular flexibility index (Phi) is 4.39. The lowest BCUT2D eigenvalue weighted by Crippen LogP contribution is -2.14. The van der Waals surface area contributed by atoms with Crippen molar-refractivity contribution in [2.45, 2.75) is 0 Å². The normalized spacial score (nSPS) is 9.87. The summed E-state index contributed by atoms with van der Waals surface area (Å²) in [5.41, 5.74) is 4.40. The molecule has 0 bridgehead atoms. The van der Waals surface area contributed by atoms with Gasteiger partial charge in [0.15, 0.2) is 0 Å². The topological polar surface area (TPSA) is 102 Å². The molecule has 1 aromatic carbocycles. The zero-order valence-electron chi connectivity index (χ0n) is 7.62. The predicted octanol–water partition coefficient (Wildman–Crippen LogP) is -0.314. The minimum absolute atomic E-state index is 0.302. The van der Waals surface area contributed by atoms with Crippen molar-refractivity contribution in [3.8, 4) is 0 Å². The number of hydrogen-bond donors (Lipinski definition) is 1. The SMILES string of the molecule is NP([O-])[O-].O=c1ccc2ccccc2o1. The second kappa shape index (κ2) is 5.58. The van der Waals surface area contributed by atoms with E-state index in [-0.39, 0.29) is 5.63 Å². The van der Waals surface area contributed by atoms with Gasteiger partial charge in [0.1, 0.15) is 5.58 Å². The molecule has 0 aliphatic heterocycles. The lowest BCUT2D eigenvalue weighted by atomic mass is 10.2. The van der Waals surface area contributed by atoms with Crippen molar-refractivity contribution in [3.05, 3.63) is 46.8 Å². The predicted molar refractivity (Wildman–Crippen MR) is 53.6 cm³/mol. The van der Waals surface area contributed by atoms with Gasteiger partial charge in [-0.25, -0.2) is 13.3 Å². The zero-order chi connectivity index (χ0) is 11.3. The average Bonchev–Trinajstić information content (AvgIpc) is 2.16. The van der Waals surface area contributed by atoms with Gasteiger partial charge in [0, 0.05) is 11.5 Å². The largest absolute Gasteiger partial charge is 0.830 e. The number of rotatable bonds is 0. The molecule has 2 aromatic rings. The van der Waals surface area contributed by atoms with Crippen LogP contribution in [-0.4, -0.2) is 0 Å². The van der Waals surface area contributed by atoms with Crippen molar-refractivity contribution in [1.82, 2.24) is 0 Å². The van der Waals surface area contributed by atoms with E-state index in [2.05, 4.69) is 5.50 Å². The summed E-state index contributed by atoms with van der Waals surface area (Å²) in [4.78, 5) is 28.3. The second-order valence-electron chi connectivity index (χ2n) is 2.58. The fourth-order valence-electron chi connectivity index (χ4n) is 1.01. The van der Waals surface area contributed by atoms with Crippen LogP contribution < -0.4 is 20.9 Å². The second-order valence-corrected chi connectivity index (χ2v) is 3.15. The molecule has 6 heteroatoms. The van der Waals surface area contributed by atoms with Crippen LogP contribution in [0, 0.1) is 0 Å². The molecule has 2 N–H and O–H groups in total. The van der Waals surface area contributed by atoms with Crippen LogP contribution in [0.2, 0.25) is 0 Å². The number of hydrogen-bond acceptors (Lipinski definition) is 5. The Morgan fingerprint density at radius 3 is 2.40 bits per heavy atom. The summed E-state index contributed by atoms with van der Waals surface area (Å²) < 4.78 is 4.91. The van der Waals surface area contributed by atoms with Crippen LogP contribution >= 0.6 is 8.53 Å². The van der Waals surface area contributed by atoms with Gasteiger partial charge in [0.2, 0.25) is 0 Å². The van der Waals surface area contributed by atoms with Gasteiger partial charge >= 0.3 is 5.63 Å². The number of nitrogens with two attached hydrogens (primary N) is 1. The van der Waals surface area contributed by atoms with Crippen LogP contribution in [0.25, 0.3) is 11.0 Å². The maximum Gasteiger partial charge on any atom is 0.336 e. The minimum atomic E-state index is -2.62. The molecule has 0 atom stereocenters. The van der Waals surface area contributed by atoms with E-state index in [0.29, 0.717) is 5.58 Å². The summed E-state index contributed by atoms with van der Waals surface area (Å²) in [6.07, 6.45) is 0. The fraction of sp³-hybridized carbons (Fsp3) is 0. The van der Waals surface area contributed by atoms with E-state index >= 15 is 0 Å². The molecule has 0 fully saturated rings. The van der Waals surface area contributed by atoms with E-state index in [0.717, 1.165) is 5.39 Å². The lowest BCUT2D eigenvalue weighted by molar-refractivity contribution is -0.292. The van der Waals surface area contributed by atoms with Crippen LogP contribution in [0.1, 0.15) is 0 Å². The Morgan fingerprint density at radius 1 is 1.13 bits per heavy atom. The third-order valence-electron chi connectivity index (χ3n) is 1.53. The monoisotopic (exact) mass is 225 g/mol. The van der Waals surface area contributed by atoms with Crippen molar-refractivity contribution in [2.24, 2.45) is 5.50 Å². The minimum Gasteiger partial charge on any atom is -0.830 e. The standard InChI is InChI=1S/C9H6O2.H2NO2P/c10-9-6-5-7-3-1-2-4-8(7)11-9;1-4(2)3/h1-6H;1H2/q;-2. The van der Waals surface area contributed by atoms with E-state index in [4.69, 9.17) is 14.2 Å². The molecule has 0 saturated carbocycles. The Bertz CT molecular complexity index is 480. The molecule has 0 saturated heterocycles. The first-order valence-electron chi connectivity index (χ1n) is 3.97. The number of fused-ring (bicyclic) bond motifs is 1. The summed E-state index contributed by atoms with van der Waals surface area (Å²) in [5.74, 6) is 0. The number of para-hydroxylation sites is 1. The Balaban J connectivity index is 0.000000245. The van der Waals surface area contributed by atoms with Crippen LogP contribution in [0.5, 0.6) is 0 Å². The van der Waals surface area contributed by atoms with Crippen molar-refractivity contribution in [2.75, 3.05) is 0 Å². The summed E-state index contributed by atoms with van der Waals surface area (Å²) in [6.45, 7) is 0. The van der Waals surface area contributed by atoms with Gasteiger partial charge in [-0.2, -0.15) is 0 Å². The molecule has 5 nitrogen and oxygen atoms in total. The van der Waals surface area contributed by atoms with E-state index in [9.17, 15) is 4.79 Å². The van der Waals surface area contributed by atoms with E-state index < -0.39 is 8.53 Å². The fourth-order valence-corrected chi connectivity index (χ4v) is 1.01. The first kappa shape index (κ1) is 11.8. The highest BCUT2D eigenvalue weighted by Crippen LogP contribution is 2.08. The average molecular weight is 225 g/mol. The summed E-state index contributed by atoms with van der Waals surface area (Å²) in [5, 5.41) is 0.951. The van der Waals surface area contributed by atoms with Crippen LogP contribution in [0.4, 0.5) is 0 Å². The smallest absolute Gasteiger partial charge is 0.336 e. The molecule has 15 heavy (non-hydrogen) atoms. The first-order chi connectivity index (χ1) is 7.09. The Hall–Kier alpha value is -1.26. The van der Waals surface area contributed by atoms with Crippen molar-refractivity contribution in [1.29, 1.82) is 0 Å². The van der Waals surface area contributed by atoms with Gasteiger partial charge in [-0.1, -0.05) is 18.2 Å². The maximum atomic E-state index is 10.7. The van der Waals surface area contributed by atoms with Gasteiger partial charge in [-0.3, -0.25) is 0 Å². The molecule has 80 valence electrons. The molecule has 0 spiro atoms. The third-order valence-corrected chi connectivity index (χ3v) is 1.53. The van der Waals surface area contributed by atoms with Crippen LogP contribution in [0.15, 0.2) is 45.6 Å². The van der Waals surface area contributed by atoms with Gasteiger partial charge in [-0.05, 0) is 12.1 Å². The highest BCUT2D eigenvalue weighted by Gasteiger charge is 1.92. The van der Waals surface area contributed by atoms with Crippen LogP contribution in [-0.2, 0) is 0 Å². The molecular formula is C9H8NO4P-2. The quantitative estimate of drug-likeness (QED) is 0.489. The van der Waals surface area contributed by atoms with Crippen LogP contribution in [0.3, 0.4) is 0 Å². The highest BCUT2D eigenvalue weighted by molar-refractivity contribution is 7.39. The van der Waals surface area contributed by atoms with Crippen molar-refractivity contribution in [3.63, 3.8) is 0 Å². The van der Waals surface area contributed by atoms with Gasteiger partial charge in [0.05, 0.1) is 0 Å². The first-order valence-corrected chi connectivity index (χ1v) is 5.22. The number of benzene rings is 1. The molecule has 1 aromatic heterocycles. The molecule has 0 radical (unpaired) electrons. The van der Waals surface area contributed by atoms with Crippen molar-refractivity contribution >= 4 is 19.5 Å². The van der Waals surface area contributed by atoms with E-state index in [1.807, 2.05) is 18.2 Å². The molecule has 0 aliphatic carbocycles. The van der Waals surface area contributed by atoms with Gasteiger partial charge in [0.25, 0.3) is 0 Å². The molecule has 1 heterocycles. The maximum absolute atomic E-state index is 10.7. The third kappa shape index (κ3) is 4.18. The Labute approximate surface area is 86.7 Å². The van der Waals surface area contributed by atoms with Crippen molar-refractivity contribution < 1.29 is 14.2 Å². The van der Waals surface area contributed by atoms with Gasteiger partial charge in [-0.15, -0.1) is 0 Å². The molecular weight excluding hydrogens is 217 g/mol.